The Hall–Kier alpha value is -1.98. The van der Waals surface area contributed by atoms with Crippen LogP contribution in [0.1, 0.15) is 16.4 Å². The van der Waals surface area contributed by atoms with E-state index in [2.05, 4.69) is 39.4 Å². The molecule has 0 radical (unpaired) electrons. The molecule has 0 aliphatic heterocycles. The first-order valence-electron chi connectivity index (χ1n) is 6.88. The molecule has 0 bridgehead atoms. The number of pyridine rings is 1. The third kappa shape index (κ3) is 2.89. The lowest BCUT2D eigenvalue weighted by molar-refractivity contribution is 0.888. The zero-order valence-electron chi connectivity index (χ0n) is 12.2. The summed E-state index contributed by atoms with van der Waals surface area (Å²) in [6, 6.07) is 10.2. The number of nitrogens with two attached hydrogens (primary N) is 1. The van der Waals surface area contributed by atoms with Gasteiger partial charge in [-0.05, 0) is 19.1 Å². The molecule has 5 heteroatoms. The van der Waals surface area contributed by atoms with Crippen LogP contribution in [0.15, 0.2) is 35.7 Å². The number of benzene rings is 1. The molecule has 2 aromatic heterocycles. The van der Waals surface area contributed by atoms with E-state index in [4.69, 9.17) is 5.73 Å². The van der Waals surface area contributed by atoms with Crippen molar-refractivity contribution in [2.45, 2.75) is 20.0 Å². The first kappa shape index (κ1) is 14.0. The number of fused-ring (bicyclic) bond motifs is 1. The fraction of sp³-hybridized carbons (Fsp3) is 0.250. The second kappa shape index (κ2) is 5.79. The van der Waals surface area contributed by atoms with Crippen molar-refractivity contribution in [2.24, 2.45) is 5.73 Å². The van der Waals surface area contributed by atoms with Gasteiger partial charge in [0.05, 0.1) is 28.5 Å². The third-order valence-corrected chi connectivity index (χ3v) is 4.26. The topological polar surface area (TPSA) is 55.0 Å². The van der Waals surface area contributed by atoms with Gasteiger partial charge in [-0.3, -0.25) is 4.98 Å². The van der Waals surface area contributed by atoms with Gasteiger partial charge in [-0.1, -0.05) is 18.2 Å². The van der Waals surface area contributed by atoms with Crippen LogP contribution in [0.5, 0.6) is 0 Å². The largest absolute Gasteiger partial charge is 0.368 e. The van der Waals surface area contributed by atoms with Crippen LogP contribution in [0, 0.1) is 6.92 Å². The van der Waals surface area contributed by atoms with Gasteiger partial charge in [0.15, 0.2) is 0 Å². The summed E-state index contributed by atoms with van der Waals surface area (Å²) >= 11 is 1.68. The smallest absolute Gasteiger partial charge is 0.0898 e. The van der Waals surface area contributed by atoms with Gasteiger partial charge in [0.1, 0.15) is 0 Å². The van der Waals surface area contributed by atoms with Gasteiger partial charge in [-0.25, -0.2) is 4.98 Å². The molecule has 0 spiro atoms. The Kier molecular flexibility index (Phi) is 3.86. The molecule has 0 aliphatic rings. The lowest BCUT2D eigenvalue weighted by atomic mass is 10.1. The van der Waals surface area contributed by atoms with E-state index >= 15 is 0 Å². The Morgan fingerprint density at radius 3 is 2.71 bits per heavy atom. The molecular weight excluding hydrogens is 280 g/mol. The lowest BCUT2D eigenvalue weighted by Crippen LogP contribution is -2.18. The molecule has 0 amide bonds. The highest BCUT2D eigenvalue weighted by Gasteiger charge is 2.10. The average Bonchev–Trinajstić information content (AvgIpc) is 2.91. The fourth-order valence-corrected chi connectivity index (χ4v) is 3.04. The van der Waals surface area contributed by atoms with Crippen molar-refractivity contribution in [3.05, 3.63) is 52.1 Å². The lowest BCUT2D eigenvalue weighted by Gasteiger charge is -2.21. The van der Waals surface area contributed by atoms with Crippen LogP contribution < -0.4 is 10.6 Å². The predicted molar refractivity (Wildman–Crippen MR) is 88.6 cm³/mol. The Bertz CT molecular complexity index is 766. The molecule has 1 aromatic carbocycles. The Morgan fingerprint density at radius 2 is 2.00 bits per heavy atom. The molecule has 3 aromatic rings. The molecule has 3 rings (SSSR count). The number of hydrogen-bond acceptors (Lipinski definition) is 5. The van der Waals surface area contributed by atoms with Crippen LogP contribution >= 0.6 is 11.3 Å². The monoisotopic (exact) mass is 298 g/mol. The number of aryl methyl sites for hydroxylation is 1. The van der Waals surface area contributed by atoms with E-state index in [0.717, 1.165) is 39.5 Å². The molecule has 2 heterocycles. The van der Waals surface area contributed by atoms with Crippen molar-refractivity contribution in [1.29, 1.82) is 0 Å². The van der Waals surface area contributed by atoms with Crippen LogP contribution in [0.2, 0.25) is 0 Å². The normalized spacial score (nSPS) is 11.0. The van der Waals surface area contributed by atoms with Crippen LogP contribution in [0.4, 0.5) is 5.69 Å². The number of thiazole rings is 1. The maximum atomic E-state index is 5.77. The van der Waals surface area contributed by atoms with Gasteiger partial charge in [-0.15, -0.1) is 11.3 Å². The summed E-state index contributed by atoms with van der Waals surface area (Å²) in [6.07, 6.45) is 0. The maximum Gasteiger partial charge on any atom is 0.0898 e. The molecule has 0 fully saturated rings. The van der Waals surface area contributed by atoms with Crippen LogP contribution in [0.25, 0.3) is 10.9 Å². The SMILES string of the molecule is Cc1nc(CN(C)c2cc(CN)nc3ccccc23)cs1. The summed E-state index contributed by atoms with van der Waals surface area (Å²) in [4.78, 5) is 11.3. The van der Waals surface area contributed by atoms with E-state index in [0.29, 0.717) is 6.54 Å². The summed E-state index contributed by atoms with van der Waals surface area (Å²) in [5.74, 6) is 0. The molecule has 108 valence electrons. The maximum absolute atomic E-state index is 5.77. The number of para-hydroxylation sites is 1. The second-order valence-corrected chi connectivity index (χ2v) is 6.13. The molecule has 21 heavy (non-hydrogen) atoms. The molecule has 0 saturated heterocycles. The number of hydrogen-bond donors (Lipinski definition) is 1. The number of anilines is 1. The summed E-state index contributed by atoms with van der Waals surface area (Å²) in [5.41, 5.74) is 9.90. The summed E-state index contributed by atoms with van der Waals surface area (Å²) in [7, 11) is 2.08. The molecule has 0 saturated carbocycles. The minimum atomic E-state index is 0.446. The Labute approximate surface area is 128 Å². The van der Waals surface area contributed by atoms with Crippen molar-refractivity contribution >= 4 is 27.9 Å². The van der Waals surface area contributed by atoms with Crippen molar-refractivity contribution in [2.75, 3.05) is 11.9 Å². The quantitative estimate of drug-likeness (QED) is 0.804. The molecule has 0 atom stereocenters. The molecule has 4 nitrogen and oxygen atoms in total. The predicted octanol–water partition coefficient (Wildman–Crippen LogP) is 3.09. The van der Waals surface area contributed by atoms with E-state index in [1.165, 1.54) is 0 Å². The van der Waals surface area contributed by atoms with E-state index in [1.54, 1.807) is 11.3 Å². The van der Waals surface area contributed by atoms with Gasteiger partial charge in [-0.2, -0.15) is 0 Å². The summed E-state index contributed by atoms with van der Waals surface area (Å²) in [5, 5.41) is 4.35. The van der Waals surface area contributed by atoms with Gasteiger partial charge < -0.3 is 10.6 Å². The van der Waals surface area contributed by atoms with Crippen LogP contribution in [-0.2, 0) is 13.1 Å². The minimum Gasteiger partial charge on any atom is -0.368 e. The highest BCUT2D eigenvalue weighted by molar-refractivity contribution is 7.09. The van der Waals surface area contributed by atoms with Crippen molar-refractivity contribution in [3.63, 3.8) is 0 Å². The van der Waals surface area contributed by atoms with Crippen LogP contribution in [-0.4, -0.2) is 17.0 Å². The number of nitrogens with zero attached hydrogens (tertiary/aromatic N) is 3. The van der Waals surface area contributed by atoms with Crippen molar-refractivity contribution in [1.82, 2.24) is 9.97 Å². The van der Waals surface area contributed by atoms with E-state index in [1.807, 2.05) is 25.1 Å². The highest BCUT2D eigenvalue weighted by Crippen LogP contribution is 2.27. The third-order valence-electron chi connectivity index (χ3n) is 3.43. The van der Waals surface area contributed by atoms with E-state index in [-0.39, 0.29) is 0 Å². The average molecular weight is 298 g/mol. The number of rotatable bonds is 4. The molecule has 2 N–H and O–H groups in total. The fourth-order valence-electron chi connectivity index (χ4n) is 2.44. The first-order valence-corrected chi connectivity index (χ1v) is 7.76. The highest BCUT2D eigenvalue weighted by atomic mass is 32.1. The zero-order valence-corrected chi connectivity index (χ0v) is 13.0. The molecule has 0 aliphatic carbocycles. The minimum absolute atomic E-state index is 0.446. The van der Waals surface area contributed by atoms with Gasteiger partial charge in [0.25, 0.3) is 0 Å². The van der Waals surface area contributed by atoms with Gasteiger partial charge in [0.2, 0.25) is 0 Å². The molecular formula is C16H18N4S. The second-order valence-electron chi connectivity index (χ2n) is 5.07. The standard InChI is InChI=1S/C16H18N4S/c1-11-18-13(10-21-11)9-20(2)16-7-12(8-17)19-15-6-4-3-5-14(15)16/h3-7,10H,8-9,17H2,1-2H3. The van der Waals surface area contributed by atoms with Crippen molar-refractivity contribution < 1.29 is 0 Å². The Balaban J connectivity index is 2.01. The number of aromatic nitrogens is 2. The van der Waals surface area contributed by atoms with Crippen molar-refractivity contribution in [3.8, 4) is 0 Å². The summed E-state index contributed by atoms with van der Waals surface area (Å²) < 4.78 is 0. The Morgan fingerprint density at radius 1 is 1.19 bits per heavy atom. The van der Waals surface area contributed by atoms with Gasteiger partial charge in [0, 0.05) is 30.0 Å². The zero-order chi connectivity index (χ0) is 14.8. The van der Waals surface area contributed by atoms with E-state index in [9.17, 15) is 0 Å². The van der Waals surface area contributed by atoms with E-state index < -0.39 is 0 Å². The van der Waals surface area contributed by atoms with Gasteiger partial charge >= 0.3 is 0 Å². The summed E-state index contributed by atoms with van der Waals surface area (Å²) in [6.45, 7) is 3.26. The first-order chi connectivity index (χ1) is 10.2. The molecule has 0 unspecified atom stereocenters. The van der Waals surface area contributed by atoms with Crippen LogP contribution in [0.3, 0.4) is 0 Å².